The number of H-pyrrole nitrogens is 1. The summed E-state index contributed by atoms with van der Waals surface area (Å²) < 4.78 is 15.7. The second-order valence-corrected chi connectivity index (χ2v) is 5.35. The predicted octanol–water partition coefficient (Wildman–Crippen LogP) is 3.93. The molecule has 1 aromatic carbocycles. The van der Waals surface area contributed by atoms with E-state index in [-0.39, 0.29) is 5.82 Å². The summed E-state index contributed by atoms with van der Waals surface area (Å²) in [6.45, 7) is 4.91. The van der Waals surface area contributed by atoms with Crippen LogP contribution in [0.5, 0.6) is 0 Å². The van der Waals surface area contributed by atoms with Gasteiger partial charge in [-0.25, -0.2) is 4.39 Å². The van der Waals surface area contributed by atoms with E-state index in [1.807, 2.05) is 16.8 Å². The molecular formula is C14H17FN2S. The van der Waals surface area contributed by atoms with Crippen molar-refractivity contribution in [2.45, 2.75) is 26.8 Å². The fraction of sp³-hybridized carbons (Fsp3) is 0.357. The Labute approximate surface area is 111 Å². The SMILES string of the molecule is CC(C)Cc1cc(=S)n(Cc2cccc(F)c2)[nH]1. The summed E-state index contributed by atoms with van der Waals surface area (Å²) in [5, 5.41) is 3.27. The zero-order valence-electron chi connectivity index (χ0n) is 10.6. The molecule has 0 aliphatic carbocycles. The van der Waals surface area contributed by atoms with Crippen LogP contribution in [-0.4, -0.2) is 9.78 Å². The van der Waals surface area contributed by atoms with E-state index in [0.29, 0.717) is 12.5 Å². The number of halogens is 1. The summed E-state index contributed by atoms with van der Waals surface area (Å²) >= 11 is 5.30. The minimum atomic E-state index is -0.215. The second-order valence-electron chi connectivity index (χ2n) is 4.93. The molecule has 0 fully saturated rings. The first-order chi connectivity index (χ1) is 8.54. The van der Waals surface area contributed by atoms with Crippen molar-refractivity contribution in [1.82, 2.24) is 9.78 Å². The highest BCUT2D eigenvalue weighted by Crippen LogP contribution is 2.10. The molecule has 0 unspecified atom stereocenters. The van der Waals surface area contributed by atoms with Crippen molar-refractivity contribution in [1.29, 1.82) is 0 Å². The highest BCUT2D eigenvalue weighted by molar-refractivity contribution is 7.71. The molecule has 0 aliphatic heterocycles. The maximum atomic E-state index is 13.1. The summed E-state index contributed by atoms with van der Waals surface area (Å²) in [6.07, 6.45) is 0.972. The Morgan fingerprint density at radius 1 is 1.33 bits per heavy atom. The lowest BCUT2D eigenvalue weighted by Crippen LogP contribution is -2.03. The van der Waals surface area contributed by atoms with Gasteiger partial charge in [0.05, 0.1) is 6.54 Å². The summed E-state index contributed by atoms with van der Waals surface area (Å²) in [5.41, 5.74) is 2.04. The molecule has 0 aliphatic rings. The number of rotatable bonds is 4. The Balaban J connectivity index is 2.19. The van der Waals surface area contributed by atoms with Gasteiger partial charge in [-0.1, -0.05) is 38.2 Å². The van der Waals surface area contributed by atoms with Crippen LogP contribution in [0.25, 0.3) is 0 Å². The molecule has 0 atom stereocenters. The van der Waals surface area contributed by atoms with Gasteiger partial charge in [0.15, 0.2) is 0 Å². The van der Waals surface area contributed by atoms with E-state index >= 15 is 0 Å². The molecule has 0 radical (unpaired) electrons. The van der Waals surface area contributed by atoms with Crippen LogP contribution in [0, 0.1) is 16.4 Å². The third-order valence-electron chi connectivity index (χ3n) is 2.70. The maximum absolute atomic E-state index is 13.1. The number of aromatic nitrogens is 2. The molecular weight excluding hydrogens is 247 g/mol. The smallest absolute Gasteiger partial charge is 0.123 e. The topological polar surface area (TPSA) is 20.7 Å². The first kappa shape index (κ1) is 13.0. The fourth-order valence-corrected chi connectivity index (χ4v) is 2.22. The molecule has 2 aromatic rings. The Hall–Kier alpha value is -1.42. The fourth-order valence-electron chi connectivity index (χ4n) is 1.97. The minimum Gasteiger partial charge on any atom is -0.301 e. The summed E-state index contributed by atoms with van der Waals surface area (Å²) in [5.74, 6) is 0.369. The average molecular weight is 264 g/mol. The van der Waals surface area contributed by atoms with Crippen LogP contribution in [0.3, 0.4) is 0 Å². The van der Waals surface area contributed by atoms with Crippen LogP contribution in [0.4, 0.5) is 4.39 Å². The number of nitrogens with one attached hydrogen (secondary N) is 1. The van der Waals surface area contributed by atoms with Gasteiger partial charge in [0.1, 0.15) is 10.5 Å². The highest BCUT2D eigenvalue weighted by atomic mass is 32.1. The molecule has 18 heavy (non-hydrogen) atoms. The van der Waals surface area contributed by atoms with Crippen LogP contribution in [0.2, 0.25) is 0 Å². The molecule has 2 nitrogen and oxygen atoms in total. The molecule has 2 rings (SSSR count). The number of aromatic amines is 1. The van der Waals surface area contributed by atoms with Gasteiger partial charge < -0.3 is 5.10 Å². The van der Waals surface area contributed by atoms with Crippen molar-refractivity contribution in [3.8, 4) is 0 Å². The van der Waals surface area contributed by atoms with Gasteiger partial charge in [0.2, 0.25) is 0 Å². The molecule has 1 aromatic heterocycles. The highest BCUT2D eigenvalue weighted by Gasteiger charge is 2.04. The van der Waals surface area contributed by atoms with Crippen molar-refractivity contribution in [2.75, 3.05) is 0 Å². The Morgan fingerprint density at radius 2 is 2.11 bits per heavy atom. The molecule has 0 saturated heterocycles. The maximum Gasteiger partial charge on any atom is 0.123 e. The van der Waals surface area contributed by atoms with Crippen LogP contribution in [-0.2, 0) is 13.0 Å². The van der Waals surface area contributed by atoms with E-state index in [2.05, 4.69) is 18.9 Å². The van der Waals surface area contributed by atoms with Gasteiger partial charge >= 0.3 is 0 Å². The van der Waals surface area contributed by atoms with E-state index in [1.165, 1.54) is 12.1 Å². The van der Waals surface area contributed by atoms with Gasteiger partial charge in [0.25, 0.3) is 0 Å². The molecule has 1 heterocycles. The monoisotopic (exact) mass is 264 g/mol. The van der Waals surface area contributed by atoms with Gasteiger partial charge in [-0.2, -0.15) is 0 Å². The summed E-state index contributed by atoms with van der Waals surface area (Å²) in [6, 6.07) is 8.57. The molecule has 0 spiro atoms. The largest absolute Gasteiger partial charge is 0.301 e. The number of nitrogens with zero attached hydrogens (tertiary/aromatic N) is 1. The lowest BCUT2D eigenvalue weighted by atomic mass is 10.1. The van der Waals surface area contributed by atoms with Crippen LogP contribution < -0.4 is 0 Å². The Kier molecular flexibility index (Phi) is 3.97. The normalized spacial score (nSPS) is 11.1. The van der Waals surface area contributed by atoms with Crippen LogP contribution >= 0.6 is 12.2 Å². The third-order valence-corrected chi connectivity index (χ3v) is 3.04. The number of hydrogen-bond acceptors (Lipinski definition) is 1. The standard InChI is InChI=1S/C14H17FN2S/c1-10(2)6-13-8-14(18)17(16-13)9-11-4-3-5-12(15)7-11/h3-5,7-8,10,16H,6,9H2,1-2H3. The van der Waals surface area contributed by atoms with Gasteiger partial charge in [-0.15, -0.1) is 0 Å². The zero-order valence-corrected chi connectivity index (χ0v) is 11.4. The zero-order chi connectivity index (χ0) is 13.1. The molecule has 4 heteroatoms. The van der Waals surface area contributed by atoms with E-state index in [4.69, 9.17) is 12.2 Å². The van der Waals surface area contributed by atoms with Gasteiger partial charge in [0, 0.05) is 5.69 Å². The summed E-state index contributed by atoms with van der Waals surface area (Å²) in [4.78, 5) is 0. The first-order valence-electron chi connectivity index (χ1n) is 6.08. The quantitative estimate of drug-likeness (QED) is 0.830. The molecule has 0 bridgehead atoms. The van der Waals surface area contributed by atoms with Crippen molar-refractivity contribution in [3.05, 3.63) is 52.0 Å². The molecule has 1 N–H and O–H groups in total. The van der Waals surface area contributed by atoms with Crippen molar-refractivity contribution in [3.63, 3.8) is 0 Å². The van der Waals surface area contributed by atoms with Crippen molar-refractivity contribution < 1.29 is 4.39 Å². The Morgan fingerprint density at radius 3 is 2.78 bits per heavy atom. The summed E-state index contributed by atoms with van der Waals surface area (Å²) in [7, 11) is 0. The van der Waals surface area contributed by atoms with Crippen molar-refractivity contribution >= 4 is 12.2 Å². The van der Waals surface area contributed by atoms with Gasteiger partial charge in [-0.3, -0.25) is 4.68 Å². The van der Waals surface area contributed by atoms with E-state index in [0.717, 1.165) is 22.3 Å². The lowest BCUT2D eigenvalue weighted by Gasteiger charge is -2.05. The number of hydrogen-bond donors (Lipinski definition) is 1. The van der Waals surface area contributed by atoms with E-state index in [9.17, 15) is 4.39 Å². The third kappa shape index (κ3) is 3.29. The van der Waals surface area contributed by atoms with Crippen molar-refractivity contribution in [2.24, 2.45) is 5.92 Å². The van der Waals surface area contributed by atoms with Gasteiger partial charge in [-0.05, 0) is 36.1 Å². The minimum absolute atomic E-state index is 0.215. The van der Waals surface area contributed by atoms with E-state index < -0.39 is 0 Å². The molecule has 96 valence electrons. The first-order valence-corrected chi connectivity index (χ1v) is 6.48. The average Bonchev–Trinajstić information content (AvgIpc) is 2.58. The second kappa shape index (κ2) is 5.48. The predicted molar refractivity (Wildman–Crippen MR) is 73.7 cm³/mol. The lowest BCUT2D eigenvalue weighted by molar-refractivity contribution is 0.600. The van der Waals surface area contributed by atoms with Crippen LogP contribution in [0.1, 0.15) is 25.1 Å². The number of benzene rings is 1. The Bertz CT molecular complexity index is 583. The molecule has 0 amide bonds. The van der Waals surface area contributed by atoms with Crippen LogP contribution in [0.15, 0.2) is 30.3 Å². The van der Waals surface area contributed by atoms with E-state index in [1.54, 1.807) is 6.07 Å². The molecule has 0 saturated carbocycles.